The minimum absolute atomic E-state index is 0.141. The number of rotatable bonds is 3. The summed E-state index contributed by atoms with van der Waals surface area (Å²) < 4.78 is 9.74. The third-order valence-electron chi connectivity index (χ3n) is 3.29. The van der Waals surface area contributed by atoms with Gasteiger partial charge in [0.05, 0.1) is 18.7 Å². The molecular formula is C16H21N3O5. The molecule has 1 aliphatic rings. The Kier molecular flexibility index (Phi) is 5.06. The van der Waals surface area contributed by atoms with E-state index in [1.165, 1.54) is 25.4 Å². The van der Waals surface area contributed by atoms with Crippen LogP contribution in [0.4, 0.5) is 4.79 Å². The zero-order chi connectivity index (χ0) is 17.9. The van der Waals surface area contributed by atoms with Gasteiger partial charge < -0.3 is 19.7 Å². The van der Waals surface area contributed by atoms with Crippen LogP contribution in [0, 0.1) is 0 Å². The lowest BCUT2D eigenvalue weighted by Crippen LogP contribution is -2.61. The molecule has 130 valence electrons. The Balaban J connectivity index is 1.84. The number of carbonyl (C=O) groups is 3. The molecule has 0 aliphatic carbocycles. The molecule has 1 aromatic rings. The molecule has 0 aromatic carbocycles. The molecule has 8 nitrogen and oxygen atoms in total. The standard InChI is InChI=1S/C16H21N3O5/c1-16(2,3)24-15(22)18-11-8-19(9-11)13(20)12-6-5-10(7-17-12)14(21)23-4/h5-7,11H,8-9H2,1-4H3,(H,18,22). The van der Waals surface area contributed by atoms with E-state index in [0.29, 0.717) is 13.1 Å². The molecule has 0 saturated carbocycles. The van der Waals surface area contributed by atoms with Crippen molar-refractivity contribution in [2.45, 2.75) is 32.4 Å². The highest BCUT2D eigenvalue weighted by Gasteiger charge is 2.33. The second-order valence-corrected chi connectivity index (χ2v) is 6.48. The minimum Gasteiger partial charge on any atom is -0.465 e. The van der Waals surface area contributed by atoms with E-state index in [1.807, 2.05) is 0 Å². The van der Waals surface area contributed by atoms with Gasteiger partial charge in [-0.2, -0.15) is 0 Å². The van der Waals surface area contributed by atoms with E-state index in [1.54, 1.807) is 25.7 Å². The fourth-order valence-corrected chi connectivity index (χ4v) is 2.13. The van der Waals surface area contributed by atoms with Gasteiger partial charge in [-0.05, 0) is 32.9 Å². The van der Waals surface area contributed by atoms with Crippen molar-refractivity contribution in [1.82, 2.24) is 15.2 Å². The van der Waals surface area contributed by atoms with Gasteiger partial charge in [0.25, 0.3) is 5.91 Å². The second-order valence-electron chi connectivity index (χ2n) is 6.48. The highest BCUT2D eigenvalue weighted by Crippen LogP contribution is 2.14. The fraction of sp³-hybridized carbons (Fsp3) is 0.500. The van der Waals surface area contributed by atoms with E-state index < -0.39 is 17.7 Å². The number of nitrogens with one attached hydrogen (secondary N) is 1. The van der Waals surface area contributed by atoms with Crippen LogP contribution in [0.3, 0.4) is 0 Å². The number of aromatic nitrogens is 1. The highest BCUT2D eigenvalue weighted by molar-refractivity contribution is 5.94. The quantitative estimate of drug-likeness (QED) is 0.834. The first-order valence-electron chi connectivity index (χ1n) is 7.53. The summed E-state index contributed by atoms with van der Waals surface area (Å²) >= 11 is 0. The van der Waals surface area contributed by atoms with Crippen molar-refractivity contribution >= 4 is 18.0 Å². The average molecular weight is 335 g/mol. The number of nitrogens with zero attached hydrogens (tertiary/aromatic N) is 2. The lowest BCUT2D eigenvalue weighted by atomic mass is 10.1. The number of amides is 2. The fourth-order valence-electron chi connectivity index (χ4n) is 2.13. The molecule has 24 heavy (non-hydrogen) atoms. The maximum absolute atomic E-state index is 12.2. The molecule has 0 radical (unpaired) electrons. The van der Waals surface area contributed by atoms with Gasteiger partial charge in [-0.25, -0.2) is 9.59 Å². The van der Waals surface area contributed by atoms with Crippen LogP contribution >= 0.6 is 0 Å². The summed E-state index contributed by atoms with van der Waals surface area (Å²) in [5.41, 5.74) is -0.0465. The number of alkyl carbamates (subject to hydrolysis) is 1. The number of esters is 1. The first-order valence-corrected chi connectivity index (χ1v) is 7.53. The van der Waals surface area contributed by atoms with Crippen molar-refractivity contribution < 1.29 is 23.9 Å². The summed E-state index contributed by atoms with van der Waals surface area (Å²) in [6.07, 6.45) is 0.801. The van der Waals surface area contributed by atoms with E-state index in [0.717, 1.165) is 0 Å². The number of carbonyl (C=O) groups excluding carboxylic acids is 3. The molecule has 1 fully saturated rings. The van der Waals surface area contributed by atoms with E-state index in [-0.39, 0.29) is 23.2 Å². The molecule has 0 bridgehead atoms. The van der Waals surface area contributed by atoms with Gasteiger partial charge in [-0.15, -0.1) is 0 Å². The third-order valence-corrected chi connectivity index (χ3v) is 3.29. The Hall–Kier alpha value is -2.64. The predicted molar refractivity (Wildman–Crippen MR) is 84.6 cm³/mol. The lowest BCUT2D eigenvalue weighted by molar-refractivity contribution is 0.0357. The molecule has 0 spiro atoms. The van der Waals surface area contributed by atoms with Crippen LogP contribution in [0.5, 0.6) is 0 Å². The van der Waals surface area contributed by atoms with Crippen LogP contribution in [0.2, 0.25) is 0 Å². The van der Waals surface area contributed by atoms with E-state index in [4.69, 9.17) is 4.74 Å². The topological polar surface area (TPSA) is 97.8 Å². The van der Waals surface area contributed by atoms with Crippen LogP contribution in [-0.4, -0.2) is 59.7 Å². The van der Waals surface area contributed by atoms with Gasteiger partial charge in [0, 0.05) is 19.3 Å². The normalized spacial score (nSPS) is 14.6. The number of hydrogen-bond donors (Lipinski definition) is 1. The largest absolute Gasteiger partial charge is 0.465 e. The molecule has 0 atom stereocenters. The van der Waals surface area contributed by atoms with Crippen molar-refractivity contribution in [2.75, 3.05) is 20.2 Å². The number of pyridine rings is 1. The Morgan fingerprint density at radius 1 is 1.25 bits per heavy atom. The summed E-state index contributed by atoms with van der Waals surface area (Å²) in [5, 5.41) is 2.70. The van der Waals surface area contributed by atoms with Crippen molar-refractivity contribution in [2.24, 2.45) is 0 Å². The Morgan fingerprint density at radius 3 is 2.42 bits per heavy atom. The van der Waals surface area contributed by atoms with E-state index in [2.05, 4.69) is 15.0 Å². The third kappa shape index (κ3) is 4.43. The average Bonchev–Trinajstić information content (AvgIpc) is 2.47. The molecule has 2 rings (SSSR count). The van der Waals surface area contributed by atoms with Crippen LogP contribution in [0.15, 0.2) is 18.3 Å². The maximum atomic E-state index is 12.2. The summed E-state index contributed by atoms with van der Waals surface area (Å²) in [7, 11) is 1.28. The maximum Gasteiger partial charge on any atom is 0.407 e. The van der Waals surface area contributed by atoms with Crippen molar-refractivity contribution in [3.8, 4) is 0 Å². The lowest BCUT2D eigenvalue weighted by Gasteiger charge is -2.39. The number of ether oxygens (including phenoxy) is 2. The van der Waals surface area contributed by atoms with Gasteiger partial charge in [-0.1, -0.05) is 0 Å². The SMILES string of the molecule is COC(=O)c1ccc(C(=O)N2CC(NC(=O)OC(C)(C)C)C2)nc1. The molecule has 1 N–H and O–H groups in total. The molecule has 1 aromatic heterocycles. The van der Waals surface area contributed by atoms with Crippen LogP contribution in [0.1, 0.15) is 41.6 Å². The van der Waals surface area contributed by atoms with E-state index >= 15 is 0 Å². The number of likely N-dealkylation sites (tertiary alicyclic amines) is 1. The van der Waals surface area contributed by atoms with Crippen LogP contribution in [0.25, 0.3) is 0 Å². The van der Waals surface area contributed by atoms with Crippen molar-refractivity contribution in [3.05, 3.63) is 29.6 Å². The summed E-state index contributed by atoms with van der Waals surface area (Å²) in [6, 6.07) is 2.82. The Bertz CT molecular complexity index is 630. The minimum atomic E-state index is -0.561. The summed E-state index contributed by atoms with van der Waals surface area (Å²) in [5.74, 6) is -0.763. The first kappa shape index (κ1) is 17.7. The number of methoxy groups -OCH3 is 1. The predicted octanol–water partition coefficient (Wildman–Crippen LogP) is 1.22. The zero-order valence-corrected chi connectivity index (χ0v) is 14.2. The highest BCUT2D eigenvalue weighted by atomic mass is 16.6. The first-order chi connectivity index (χ1) is 11.2. The zero-order valence-electron chi connectivity index (χ0n) is 14.2. The molecule has 1 aliphatic heterocycles. The van der Waals surface area contributed by atoms with E-state index in [9.17, 15) is 14.4 Å². The van der Waals surface area contributed by atoms with Gasteiger partial charge in [-0.3, -0.25) is 9.78 Å². The van der Waals surface area contributed by atoms with Crippen LogP contribution in [-0.2, 0) is 9.47 Å². The van der Waals surface area contributed by atoms with Crippen molar-refractivity contribution in [3.63, 3.8) is 0 Å². The molecule has 0 unspecified atom stereocenters. The van der Waals surface area contributed by atoms with Gasteiger partial charge in [0.15, 0.2) is 0 Å². The summed E-state index contributed by atoms with van der Waals surface area (Å²) in [6.45, 7) is 6.13. The molecule has 1 saturated heterocycles. The molecule has 2 amide bonds. The molecule has 2 heterocycles. The van der Waals surface area contributed by atoms with Crippen molar-refractivity contribution in [1.29, 1.82) is 0 Å². The molecule has 8 heteroatoms. The van der Waals surface area contributed by atoms with Gasteiger partial charge >= 0.3 is 12.1 Å². The smallest absolute Gasteiger partial charge is 0.407 e. The second kappa shape index (κ2) is 6.86. The Labute approximate surface area is 140 Å². The van der Waals surface area contributed by atoms with Gasteiger partial charge in [0.1, 0.15) is 11.3 Å². The Morgan fingerprint density at radius 2 is 1.92 bits per heavy atom. The molecular weight excluding hydrogens is 314 g/mol. The summed E-state index contributed by atoms with van der Waals surface area (Å²) in [4.78, 5) is 40.8. The van der Waals surface area contributed by atoms with Crippen LogP contribution < -0.4 is 5.32 Å². The van der Waals surface area contributed by atoms with Gasteiger partial charge in [0.2, 0.25) is 0 Å². The number of hydrogen-bond acceptors (Lipinski definition) is 6. The monoisotopic (exact) mass is 335 g/mol.